The molecule has 0 unspecified atom stereocenters. The van der Waals surface area contributed by atoms with Crippen LogP contribution in [0.2, 0.25) is 0 Å². The van der Waals surface area contributed by atoms with E-state index in [0.717, 1.165) is 0 Å². The SMILES string of the molecule is CCOC(=O)c1cccn1Cc1nc(C(C)C)no1. The molecule has 0 radical (unpaired) electrons. The smallest absolute Gasteiger partial charge is 0.354 e. The highest BCUT2D eigenvalue weighted by Gasteiger charge is 2.15. The Hall–Kier alpha value is -2.11. The van der Waals surface area contributed by atoms with E-state index in [1.54, 1.807) is 29.8 Å². The van der Waals surface area contributed by atoms with E-state index in [4.69, 9.17) is 9.26 Å². The minimum absolute atomic E-state index is 0.215. The first kappa shape index (κ1) is 13.3. The number of rotatable bonds is 5. The van der Waals surface area contributed by atoms with Crippen LogP contribution in [0, 0.1) is 0 Å². The topological polar surface area (TPSA) is 70.2 Å². The summed E-state index contributed by atoms with van der Waals surface area (Å²) in [6.07, 6.45) is 1.78. The number of hydrogen-bond donors (Lipinski definition) is 0. The van der Waals surface area contributed by atoms with Crippen LogP contribution in [0.4, 0.5) is 0 Å². The Bertz CT molecular complexity index is 557. The summed E-state index contributed by atoms with van der Waals surface area (Å²) >= 11 is 0. The van der Waals surface area contributed by atoms with Gasteiger partial charge in [0.25, 0.3) is 0 Å². The standard InChI is InChI=1S/C13H17N3O3/c1-4-18-13(17)10-6-5-7-16(10)8-11-14-12(9(2)3)15-19-11/h5-7,9H,4,8H2,1-3H3. The summed E-state index contributed by atoms with van der Waals surface area (Å²) in [6.45, 7) is 6.48. The molecule has 0 bridgehead atoms. The number of carbonyl (C=O) groups is 1. The van der Waals surface area contributed by atoms with Crippen LogP contribution in [0.25, 0.3) is 0 Å². The molecule has 0 atom stereocenters. The highest BCUT2D eigenvalue weighted by Crippen LogP contribution is 2.12. The number of nitrogens with zero attached hydrogens (tertiary/aromatic N) is 3. The van der Waals surface area contributed by atoms with Gasteiger partial charge < -0.3 is 13.8 Å². The Labute approximate surface area is 111 Å². The first-order chi connectivity index (χ1) is 9.11. The molecule has 2 aromatic rings. The Morgan fingerprint density at radius 1 is 1.53 bits per heavy atom. The molecule has 0 aliphatic carbocycles. The molecule has 0 amide bonds. The number of ether oxygens (including phenoxy) is 1. The molecule has 0 saturated heterocycles. The fourth-order valence-electron chi connectivity index (χ4n) is 1.65. The average molecular weight is 263 g/mol. The first-order valence-electron chi connectivity index (χ1n) is 6.26. The number of carbonyl (C=O) groups excluding carboxylic acids is 1. The van der Waals surface area contributed by atoms with Gasteiger partial charge >= 0.3 is 5.97 Å². The lowest BCUT2D eigenvalue weighted by atomic mass is 10.2. The highest BCUT2D eigenvalue weighted by atomic mass is 16.5. The van der Waals surface area contributed by atoms with E-state index in [1.165, 1.54) is 0 Å². The van der Waals surface area contributed by atoms with Crippen molar-refractivity contribution >= 4 is 5.97 Å². The Kier molecular flexibility index (Phi) is 3.99. The van der Waals surface area contributed by atoms with Gasteiger partial charge in [-0.25, -0.2) is 4.79 Å². The molecule has 2 rings (SSSR count). The molecule has 0 spiro atoms. The maximum Gasteiger partial charge on any atom is 0.354 e. The minimum Gasteiger partial charge on any atom is -0.461 e. The molecule has 6 heteroatoms. The van der Waals surface area contributed by atoms with Gasteiger partial charge in [-0.05, 0) is 19.1 Å². The van der Waals surface area contributed by atoms with Crippen molar-refractivity contribution in [1.82, 2.24) is 14.7 Å². The van der Waals surface area contributed by atoms with E-state index in [1.807, 2.05) is 13.8 Å². The van der Waals surface area contributed by atoms with Gasteiger partial charge in [0, 0.05) is 12.1 Å². The lowest BCUT2D eigenvalue weighted by Gasteiger charge is -2.05. The van der Waals surface area contributed by atoms with Crippen molar-refractivity contribution in [3.05, 3.63) is 35.7 Å². The second-order valence-corrected chi connectivity index (χ2v) is 4.44. The summed E-state index contributed by atoms with van der Waals surface area (Å²) in [6, 6.07) is 3.49. The molecular formula is C13H17N3O3. The van der Waals surface area contributed by atoms with Crippen molar-refractivity contribution < 1.29 is 14.1 Å². The van der Waals surface area contributed by atoms with Crippen molar-refractivity contribution in [2.24, 2.45) is 0 Å². The lowest BCUT2D eigenvalue weighted by molar-refractivity contribution is 0.0514. The van der Waals surface area contributed by atoms with E-state index in [2.05, 4.69) is 10.1 Å². The van der Waals surface area contributed by atoms with Gasteiger partial charge in [0.05, 0.1) is 6.61 Å². The summed E-state index contributed by atoms with van der Waals surface area (Å²) < 4.78 is 11.9. The third-order valence-electron chi connectivity index (χ3n) is 2.62. The summed E-state index contributed by atoms with van der Waals surface area (Å²) in [5.41, 5.74) is 0.478. The molecule has 2 aromatic heterocycles. The van der Waals surface area contributed by atoms with E-state index < -0.39 is 0 Å². The van der Waals surface area contributed by atoms with Crippen molar-refractivity contribution in [2.75, 3.05) is 6.61 Å². The molecule has 19 heavy (non-hydrogen) atoms. The quantitative estimate of drug-likeness (QED) is 0.773. The van der Waals surface area contributed by atoms with Gasteiger partial charge in [-0.3, -0.25) is 0 Å². The monoisotopic (exact) mass is 263 g/mol. The van der Waals surface area contributed by atoms with Gasteiger partial charge in [0.2, 0.25) is 5.89 Å². The van der Waals surface area contributed by atoms with Crippen molar-refractivity contribution in [2.45, 2.75) is 33.2 Å². The van der Waals surface area contributed by atoms with Gasteiger partial charge in [0.1, 0.15) is 12.2 Å². The molecule has 0 saturated carbocycles. The van der Waals surface area contributed by atoms with Gasteiger partial charge in [-0.2, -0.15) is 4.98 Å². The Morgan fingerprint density at radius 3 is 2.95 bits per heavy atom. The normalized spacial score (nSPS) is 10.9. The van der Waals surface area contributed by atoms with Crippen LogP contribution >= 0.6 is 0 Å². The van der Waals surface area contributed by atoms with Crippen LogP contribution in [0.15, 0.2) is 22.9 Å². The van der Waals surface area contributed by atoms with E-state index in [-0.39, 0.29) is 11.9 Å². The van der Waals surface area contributed by atoms with Crippen LogP contribution in [0.3, 0.4) is 0 Å². The summed E-state index contributed by atoms with van der Waals surface area (Å²) in [5.74, 6) is 1.01. The van der Waals surface area contributed by atoms with Crippen LogP contribution in [-0.4, -0.2) is 27.3 Å². The first-order valence-corrected chi connectivity index (χ1v) is 6.26. The van der Waals surface area contributed by atoms with Crippen molar-refractivity contribution in [1.29, 1.82) is 0 Å². The molecule has 0 aliphatic rings. The fraction of sp³-hybridized carbons (Fsp3) is 0.462. The minimum atomic E-state index is -0.351. The zero-order valence-electron chi connectivity index (χ0n) is 11.3. The summed E-state index contributed by atoms with van der Waals surface area (Å²) in [5, 5.41) is 3.89. The maximum atomic E-state index is 11.7. The molecule has 0 aliphatic heterocycles. The second kappa shape index (κ2) is 5.69. The predicted octanol–water partition coefficient (Wildman–Crippen LogP) is 2.22. The molecule has 102 valence electrons. The van der Waals surface area contributed by atoms with Gasteiger partial charge in [0.15, 0.2) is 5.82 Å². The van der Waals surface area contributed by atoms with Crippen LogP contribution < -0.4 is 0 Å². The number of esters is 1. The van der Waals surface area contributed by atoms with Gasteiger partial charge in [-0.15, -0.1) is 0 Å². The summed E-state index contributed by atoms with van der Waals surface area (Å²) in [7, 11) is 0. The lowest BCUT2D eigenvalue weighted by Crippen LogP contribution is -2.12. The van der Waals surface area contributed by atoms with Crippen molar-refractivity contribution in [3.8, 4) is 0 Å². The van der Waals surface area contributed by atoms with Crippen LogP contribution in [0.5, 0.6) is 0 Å². The largest absolute Gasteiger partial charge is 0.461 e. The molecule has 0 aromatic carbocycles. The third-order valence-corrected chi connectivity index (χ3v) is 2.62. The zero-order valence-corrected chi connectivity index (χ0v) is 11.3. The molecule has 6 nitrogen and oxygen atoms in total. The molecule has 0 fully saturated rings. The second-order valence-electron chi connectivity index (χ2n) is 4.44. The van der Waals surface area contributed by atoms with Crippen LogP contribution in [0.1, 0.15) is 48.9 Å². The average Bonchev–Trinajstić information content (AvgIpc) is 2.99. The third kappa shape index (κ3) is 3.01. The zero-order chi connectivity index (χ0) is 13.8. The van der Waals surface area contributed by atoms with E-state index in [9.17, 15) is 4.79 Å². The molecule has 2 heterocycles. The maximum absolute atomic E-state index is 11.7. The molecule has 0 N–H and O–H groups in total. The van der Waals surface area contributed by atoms with E-state index in [0.29, 0.717) is 30.6 Å². The summed E-state index contributed by atoms with van der Waals surface area (Å²) in [4.78, 5) is 16.0. The van der Waals surface area contributed by atoms with Crippen LogP contribution in [-0.2, 0) is 11.3 Å². The van der Waals surface area contributed by atoms with E-state index >= 15 is 0 Å². The fourth-order valence-corrected chi connectivity index (χ4v) is 1.65. The molecular weight excluding hydrogens is 246 g/mol. The Balaban J connectivity index is 2.14. The van der Waals surface area contributed by atoms with Crippen molar-refractivity contribution in [3.63, 3.8) is 0 Å². The van der Waals surface area contributed by atoms with Gasteiger partial charge in [-0.1, -0.05) is 19.0 Å². The predicted molar refractivity (Wildman–Crippen MR) is 67.9 cm³/mol. The number of hydrogen-bond acceptors (Lipinski definition) is 5. The highest BCUT2D eigenvalue weighted by molar-refractivity contribution is 5.87. The number of aromatic nitrogens is 3. The Morgan fingerprint density at radius 2 is 2.32 bits per heavy atom.